The molecule has 1 aromatic rings. The van der Waals surface area contributed by atoms with Crippen LogP contribution in [-0.4, -0.2) is 33.4 Å². The molecule has 0 radical (unpaired) electrons. The van der Waals surface area contributed by atoms with Crippen molar-refractivity contribution in [3.63, 3.8) is 0 Å². The highest BCUT2D eigenvalue weighted by atomic mass is 32.2. The number of ether oxygens (including phenoxy) is 1. The van der Waals surface area contributed by atoms with Crippen LogP contribution in [0.15, 0.2) is 51.3 Å². The van der Waals surface area contributed by atoms with Crippen LogP contribution in [0.25, 0.3) is 0 Å². The van der Waals surface area contributed by atoms with Gasteiger partial charge < -0.3 is 4.74 Å². The highest BCUT2D eigenvalue weighted by molar-refractivity contribution is 7.90. The molecule has 1 aromatic carbocycles. The summed E-state index contributed by atoms with van der Waals surface area (Å²) in [5.74, 6) is -1.96. The molecule has 0 fully saturated rings. The van der Waals surface area contributed by atoms with Crippen molar-refractivity contribution in [3.05, 3.63) is 42.0 Å². The Balaban J connectivity index is 3.35. The number of carbonyl (C=O) groups is 1. The van der Waals surface area contributed by atoms with Crippen LogP contribution < -0.4 is 0 Å². The first-order valence-electron chi connectivity index (χ1n) is 7.38. The predicted molar refractivity (Wildman–Crippen MR) is 86.7 cm³/mol. The molecule has 0 N–H and O–H groups in total. The lowest BCUT2D eigenvalue weighted by molar-refractivity contribution is -0.116. The Morgan fingerprint density at radius 3 is 2.32 bits per heavy atom. The maximum Gasteiger partial charge on any atom is 0.421 e. The van der Waals surface area contributed by atoms with Gasteiger partial charge in [0.05, 0.1) is 12.0 Å². The van der Waals surface area contributed by atoms with Crippen molar-refractivity contribution in [2.24, 2.45) is 4.40 Å². The van der Waals surface area contributed by atoms with E-state index in [0.717, 1.165) is 7.11 Å². The van der Waals surface area contributed by atoms with E-state index in [4.69, 9.17) is 0 Å². The van der Waals surface area contributed by atoms with Gasteiger partial charge >= 0.3 is 6.18 Å². The molecule has 1 rings (SSSR count). The van der Waals surface area contributed by atoms with E-state index in [1.807, 2.05) is 0 Å². The highest BCUT2D eigenvalue weighted by Crippen LogP contribution is 2.28. The first-order valence-corrected chi connectivity index (χ1v) is 8.82. The summed E-state index contributed by atoms with van der Waals surface area (Å²) in [4.78, 5) is 11.4. The number of sulfonamides is 1. The van der Waals surface area contributed by atoms with Crippen LogP contribution in [0.4, 0.5) is 13.2 Å². The minimum absolute atomic E-state index is 0.0848. The SMILES string of the molecule is CCCCC(=O)/C=C(\C(=N\S(=O)(=O)c1ccccc1)OC)C(F)(F)F. The van der Waals surface area contributed by atoms with Crippen LogP contribution in [0.2, 0.25) is 0 Å². The Labute approximate surface area is 144 Å². The fourth-order valence-corrected chi connectivity index (χ4v) is 2.80. The maximum atomic E-state index is 13.2. The molecule has 25 heavy (non-hydrogen) atoms. The van der Waals surface area contributed by atoms with E-state index in [1.54, 1.807) is 13.0 Å². The molecule has 0 saturated heterocycles. The van der Waals surface area contributed by atoms with E-state index in [0.29, 0.717) is 18.9 Å². The van der Waals surface area contributed by atoms with Gasteiger partial charge in [0.2, 0.25) is 5.90 Å². The summed E-state index contributed by atoms with van der Waals surface area (Å²) < 4.78 is 71.7. The average molecular weight is 377 g/mol. The summed E-state index contributed by atoms with van der Waals surface area (Å²) in [7, 11) is -3.56. The lowest BCUT2D eigenvalue weighted by Gasteiger charge is -2.13. The monoisotopic (exact) mass is 377 g/mol. The smallest absolute Gasteiger partial charge is 0.421 e. The van der Waals surface area contributed by atoms with Gasteiger partial charge in [-0.3, -0.25) is 4.79 Å². The number of rotatable bonds is 7. The average Bonchev–Trinajstić information content (AvgIpc) is 2.55. The largest absolute Gasteiger partial charge is 0.480 e. The fourth-order valence-electron chi connectivity index (χ4n) is 1.80. The summed E-state index contributed by atoms with van der Waals surface area (Å²) in [6.45, 7) is 1.79. The zero-order chi connectivity index (χ0) is 19.1. The summed E-state index contributed by atoms with van der Waals surface area (Å²) >= 11 is 0. The minimum Gasteiger partial charge on any atom is -0.480 e. The number of allylic oxidation sites excluding steroid dienone is 1. The lowest BCUT2D eigenvalue weighted by Crippen LogP contribution is -2.24. The van der Waals surface area contributed by atoms with Gasteiger partial charge in [-0.2, -0.15) is 21.6 Å². The quantitative estimate of drug-likeness (QED) is 0.413. The third-order valence-electron chi connectivity index (χ3n) is 3.06. The van der Waals surface area contributed by atoms with Crippen LogP contribution in [-0.2, 0) is 19.6 Å². The van der Waals surface area contributed by atoms with Crippen molar-refractivity contribution < 1.29 is 31.1 Å². The number of methoxy groups -OCH3 is 1. The van der Waals surface area contributed by atoms with E-state index in [1.165, 1.54) is 24.3 Å². The number of unbranched alkanes of at least 4 members (excludes halogenated alkanes) is 1. The first-order chi connectivity index (χ1) is 11.6. The number of carbonyl (C=O) groups excluding carboxylic acids is 1. The highest BCUT2D eigenvalue weighted by Gasteiger charge is 2.39. The number of alkyl halides is 3. The molecule has 0 saturated carbocycles. The Bertz CT molecular complexity index is 753. The summed E-state index contributed by atoms with van der Waals surface area (Å²) in [5.41, 5.74) is -1.53. The Hall–Kier alpha value is -2.16. The van der Waals surface area contributed by atoms with Crippen LogP contribution in [0, 0.1) is 0 Å². The molecule has 5 nitrogen and oxygen atoms in total. The Morgan fingerprint density at radius 2 is 1.84 bits per heavy atom. The van der Waals surface area contributed by atoms with Gasteiger partial charge in [-0.1, -0.05) is 31.5 Å². The molecule has 0 atom stereocenters. The molecular weight excluding hydrogens is 359 g/mol. The molecule has 0 unspecified atom stereocenters. The number of halogens is 3. The maximum absolute atomic E-state index is 13.2. The van der Waals surface area contributed by atoms with Crippen LogP contribution in [0.3, 0.4) is 0 Å². The molecule has 0 bridgehead atoms. The molecule has 0 amide bonds. The normalized spacial score (nSPS) is 13.6. The topological polar surface area (TPSA) is 72.8 Å². The van der Waals surface area contributed by atoms with Crippen LogP contribution in [0.1, 0.15) is 26.2 Å². The van der Waals surface area contributed by atoms with Gasteiger partial charge in [-0.05, 0) is 24.6 Å². The van der Waals surface area contributed by atoms with E-state index < -0.39 is 33.5 Å². The van der Waals surface area contributed by atoms with Gasteiger partial charge in [0.25, 0.3) is 10.0 Å². The fraction of sp³-hybridized carbons (Fsp3) is 0.375. The minimum atomic E-state index is -5.00. The molecule has 0 aliphatic carbocycles. The van der Waals surface area contributed by atoms with E-state index in [9.17, 15) is 26.4 Å². The van der Waals surface area contributed by atoms with Gasteiger partial charge in [0.1, 0.15) is 5.57 Å². The second-order valence-corrected chi connectivity index (χ2v) is 6.62. The molecule has 0 aliphatic rings. The third kappa shape index (κ3) is 6.33. The number of nitrogens with zero attached hydrogens (tertiary/aromatic N) is 1. The number of hydrogen-bond acceptors (Lipinski definition) is 4. The van der Waals surface area contributed by atoms with E-state index >= 15 is 0 Å². The van der Waals surface area contributed by atoms with Crippen LogP contribution >= 0.6 is 0 Å². The van der Waals surface area contributed by atoms with Gasteiger partial charge in [-0.15, -0.1) is 4.40 Å². The second-order valence-electron chi connectivity index (χ2n) is 5.01. The summed E-state index contributed by atoms with van der Waals surface area (Å²) in [6.07, 6.45) is -3.70. The van der Waals surface area contributed by atoms with Crippen molar-refractivity contribution in [1.82, 2.24) is 0 Å². The number of hydrogen-bond donors (Lipinski definition) is 0. The third-order valence-corrected chi connectivity index (χ3v) is 4.33. The lowest BCUT2D eigenvalue weighted by atomic mass is 10.1. The van der Waals surface area contributed by atoms with Gasteiger partial charge in [-0.25, -0.2) is 0 Å². The first kappa shape index (κ1) is 20.9. The van der Waals surface area contributed by atoms with Crippen molar-refractivity contribution in [3.8, 4) is 0 Å². The molecule has 0 aromatic heterocycles. The second kappa shape index (κ2) is 8.80. The predicted octanol–water partition coefficient (Wildman–Crippen LogP) is 3.67. The van der Waals surface area contributed by atoms with Crippen LogP contribution in [0.5, 0.6) is 0 Å². The molecule has 9 heteroatoms. The van der Waals surface area contributed by atoms with Gasteiger partial charge in [0.15, 0.2) is 5.78 Å². The molecule has 0 spiro atoms. The summed E-state index contributed by atoms with van der Waals surface area (Å²) in [6, 6.07) is 6.74. The Morgan fingerprint density at radius 1 is 1.24 bits per heavy atom. The standard InChI is InChI=1S/C16H18F3NO4S/c1-3-4-8-12(21)11-14(16(17,18)19)15(24-2)20-25(22,23)13-9-6-5-7-10-13/h5-7,9-11H,3-4,8H2,1-2H3/b14-11+,20-15-. The molecule has 0 heterocycles. The van der Waals surface area contributed by atoms with Crippen molar-refractivity contribution in [2.45, 2.75) is 37.3 Å². The van der Waals surface area contributed by atoms with Crippen molar-refractivity contribution in [2.75, 3.05) is 7.11 Å². The number of benzene rings is 1. The number of ketones is 1. The van der Waals surface area contributed by atoms with E-state index in [-0.39, 0.29) is 11.3 Å². The molecule has 138 valence electrons. The van der Waals surface area contributed by atoms with Gasteiger partial charge in [0, 0.05) is 6.42 Å². The van der Waals surface area contributed by atoms with E-state index in [2.05, 4.69) is 9.13 Å². The zero-order valence-corrected chi connectivity index (χ0v) is 14.5. The molecule has 0 aliphatic heterocycles. The zero-order valence-electron chi connectivity index (χ0n) is 13.7. The summed E-state index contributed by atoms with van der Waals surface area (Å²) in [5, 5.41) is 0. The van der Waals surface area contributed by atoms with Crippen molar-refractivity contribution in [1.29, 1.82) is 0 Å². The Kier molecular flexibility index (Phi) is 7.35. The molecular formula is C16H18F3NO4S. The van der Waals surface area contributed by atoms with Crippen molar-refractivity contribution >= 4 is 21.7 Å².